The largest absolute Gasteiger partial charge is 0.455 e. The summed E-state index contributed by atoms with van der Waals surface area (Å²) in [6.07, 6.45) is 6.03. The van der Waals surface area contributed by atoms with Crippen LogP contribution in [-0.4, -0.2) is 101 Å². The van der Waals surface area contributed by atoms with Crippen LogP contribution in [-0.2, 0) is 39.9 Å². The fourth-order valence-electron chi connectivity index (χ4n) is 8.50. The molecule has 2 amide bonds. The smallest absolute Gasteiger partial charge is 0.303 e. The third-order valence-corrected chi connectivity index (χ3v) is 13.6. The van der Waals surface area contributed by atoms with Gasteiger partial charge in [0.15, 0.2) is 17.7 Å². The number of rotatable bonds is 29. The third-order valence-electron chi connectivity index (χ3n) is 12.5. The molecule has 1 N–H and O–H groups in total. The zero-order chi connectivity index (χ0) is 46.6. The number of likely N-dealkylation sites (tertiary alicyclic amines) is 1. The van der Waals surface area contributed by atoms with Gasteiger partial charge in [-0.1, -0.05) is 77.8 Å². The predicted molar refractivity (Wildman–Crippen MR) is 249 cm³/mol. The number of Topliss-reactive ketones (excluding diaryl/α,β-unsaturated/α-hetero) is 4. The summed E-state index contributed by atoms with van der Waals surface area (Å²) in [5.41, 5.74) is 1.14. The lowest BCUT2D eigenvalue weighted by Crippen LogP contribution is -2.48. The van der Waals surface area contributed by atoms with Gasteiger partial charge in [-0.15, -0.1) is 11.3 Å². The lowest BCUT2D eigenvalue weighted by atomic mass is 9.83. The van der Waals surface area contributed by atoms with Crippen molar-refractivity contribution in [1.82, 2.24) is 20.1 Å². The molecule has 13 nitrogen and oxygen atoms in total. The van der Waals surface area contributed by atoms with Crippen LogP contribution >= 0.6 is 20.4 Å². The molecule has 348 valence electrons. The maximum absolute atomic E-state index is 14.4. The zero-order valence-corrected chi connectivity index (χ0v) is 40.7. The summed E-state index contributed by atoms with van der Waals surface area (Å²) in [6.45, 7) is 12.2. The van der Waals surface area contributed by atoms with E-state index in [2.05, 4.69) is 29.0 Å². The number of aromatic nitrogens is 1. The Kier molecular flexibility index (Phi) is 23.2. The third kappa shape index (κ3) is 17.8. The van der Waals surface area contributed by atoms with Crippen molar-refractivity contribution >= 4 is 61.3 Å². The van der Waals surface area contributed by atoms with E-state index in [4.69, 9.17) is 4.74 Å². The quantitative estimate of drug-likeness (QED) is 0.0617. The molecule has 63 heavy (non-hydrogen) atoms. The number of ether oxygens (including phenoxy) is 1. The Morgan fingerprint density at radius 2 is 1.63 bits per heavy atom. The SMILES string of the molecule is CCC(C)[C@H](CC(=O)[C@H]1CCCCN1C)C(=O)N(C)[C@H](C[C@@H](OC(C)=O)c1nc(C(=O)N[C@@H](Cc2ccccc2)C[C@H](C)C(=O)CCCC(=O)CCCC(=O)CN=P)cs1)C(C)C. The van der Waals surface area contributed by atoms with Crippen molar-refractivity contribution in [2.75, 3.05) is 27.2 Å². The number of benzene rings is 1. The van der Waals surface area contributed by atoms with E-state index in [1.54, 1.807) is 17.3 Å². The maximum atomic E-state index is 14.4. The van der Waals surface area contributed by atoms with Crippen molar-refractivity contribution in [3.8, 4) is 0 Å². The number of hydrogen-bond acceptors (Lipinski definition) is 12. The highest BCUT2D eigenvalue weighted by molar-refractivity contribution is 7.09. The Morgan fingerprint density at radius 1 is 0.968 bits per heavy atom. The molecular formula is C48H72N5O8PS. The minimum absolute atomic E-state index is 0.00577. The Hall–Kier alpha value is -4.00. The minimum Gasteiger partial charge on any atom is -0.455 e. The van der Waals surface area contributed by atoms with Crippen molar-refractivity contribution in [3.05, 3.63) is 52.0 Å². The predicted octanol–water partition coefficient (Wildman–Crippen LogP) is 8.47. The van der Waals surface area contributed by atoms with Crippen LogP contribution in [0.15, 0.2) is 40.5 Å². The summed E-state index contributed by atoms with van der Waals surface area (Å²) >= 11 is 1.20. The van der Waals surface area contributed by atoms with E-state index in [-0.39, 0.29) is 97.3 Å². The molecule has 1 fully saturated rings. The Labute approximate surface area is 381 Å². The second-order valence-corrected chi connectivity index (χ2v) is 19.1. The van der Waals surface area contributed by atoms with Gasteiger partial charge in [0.2, 0.25) is 5.91 Å². The van der Waals surface area contributed by atoms with Gasteiger partial charge in [0, 0.05) is 81.8 Å². The highest BCUT2D eigenvalue weighted by Crippen LogP contribution is 2.33. The highest BCUT2D eigenvalue weighted by atomic mass is 32.1. The summed E-state index contributed by atoms with van der Waals surface area (Å²) < 4.78 is 9.48. The van der Waals surface area contributed by atoms with E-state index in [1.807, 2.05) is 72.0 Å². The molecule has 1 aromatic carbocycles. The first kappa shape index (κ1) is 53.3. The molecule has 0 radical (unpaired) electrons. The molecule has 0 saturated carbocycles. The average molecular weight is 910 g/mol. The molecule has 2 aromatic rings. The van der Waals surface area contributed by atoms with Crippen LogP contribution in [0.4, 0.5) is 0 Å². The van der Waals surface area contributed by atoms with Gasteiger partial charge in [-0.2, -0.15) is 0 Å². The molecule has 7 atom stereocenters. The first-order valence-corrected chi connectivity index (χ1v) is 24.1. The average Bonchev–Trinajstić information content (AvgIpc) is 3.74. The topological polar surface area (TPSA) is 172 Å². The fraction of sp³-hybridized carbons (Fsp3) is 0.667. The Morgan fingerprint density at radius 3 is 2.25 bits per heavy atom. The van der Waals surface area contributed by atoms with Crippen molar-refractivity contribution in [3.63, 3.8) is 0 Å². The summed E-state index contributed by atoms with van der Waals surface area (Å²) in [6, 6.07) is 8.73. The molecule has 1 saturated heterocycles. The standard InChI is InChI=1S/C48H72N5O8PS/c1-9-32(4)39(27-44(58)41-22-13-14-24-52(41)7)48(60)53(8)42(31(2)3)28-45(61-34(6)54)47-51-40(30-63-47)46(59)50-36(26-35-17-11-10-12-18-35)25-33(5)43(57)23-16-20-37(55)19-15-21-38(56)29-49-62/h10-12,17-18,30-33,36,39,41-42,45,62H,9,13-16,19-29H2,1-8H3,(H,50,59)/t32?,33-,36+,39-,41+,42+,45+/m0/s1. The first-order chi connectivity index (χ1) is 29.9. The number of nitrogens with zero attached hydrogens (tertiary/aromatic N) is 4. The normalized spacial score (nSPS) is 17.1. The van der Waals surface area contributed by atoms with Crippen LogP contribution in [0.2, 0.25) is 0 Å². The van der Waals surface area contributed by atoms with Crippen molar-refractivity contribution < 1.29 is 38.3 Å². The van der Waals surface area contributed by atoms with Gasteiger partial charge in [-0.05, 0) is 78.5 Å². The molecule has 2 heterocycles. The number of esters is 1. The molecule has 3 rings (SSSR count). The van der Waals surface area contributed by atoms with E-state index in [0.717, 1.165) is 37.8 Å². The van der Waals surface area contributed by atoms with E-state index in [1.165, 1.54) is 18.3 Å². The number of hydrogen-bond donors (Lipinski definition) is 1. The van der Waals surface area contributed by atoms with Crippen molar-refractivity contribution in [2.24, 2.45) is 28.4 Å². The molecular weight excluding hydrogens is 838 g/mol. The highest BCUT2D eigenvalue weighted by Gasteiger charge is 2.38. The van der Waals surface area contributed by atoms with Gasteiger partial charge in [0.05, 0.1) is 6.04 Å². The van der Waals surface area contributed by atoms with Crippen LogP contribution < -0.4 is 5.32 Å². The summed E-state index contributed by atoms with van der Waals surface area (Å²) in [4.78, 5) is 100. The number of carbonyl (C=O) groups is 7. The monoisotopic (exact) mass is 909 g/mol. The lowest BCUT2D eigenvalue weighted by molar-refractivity contribution is -0.149. The summed E-state index contributed by atoms with van der Waals surface area (Å²) in [5.74, 6) is -1.88. The molecule has 15 heteroatoms. The number of carbonyl (C=O) groups excluding carboxylic acids is 7. The van der Waals surface area contributed by atoms with Gasteiger partial charge in [0.1, 0.15) is 28.8 Å². The Balaban J connectivity index is 1.73. The van der Waals surface area contributed by atoms with Gasteiger partial charge in [-0.3, -0.25) is 43.2 Å². The number of nitrogens with one attached hydrogen (secondary N) is 1. The second-order valence-electron chi connectivity index (χ2n) is 17.9. The fourth-order valence-corrected chi connectivity index (χ4v) is 9.52. The van der Waals surface area contributed by atoms with Gasteiger partial charge >= 0.3 is 5.97 Å². The number of thiazole rings is 1. The lowest BCUT2D eigenvalue weighted by Gasteiger charge is -2.37. The zero-order valence-electron chi connectivity index (χ0n) is 38.9. The molecule has 0 bridgehead atoms. The number of ketones is 4. The van der Waals surface area contributed by atoms with E-state index < -0.39 is 35.9 Å². The van der Waals surface area contributed by atoms with Crippen LogP contribution in [0.25, 0.3) is 0 Å². The minimum atomic E-state index is -0.835. The summed E-state index contributed by atoms with van der Waals surface area (Å²) in [5, 5.41) is 5.16. The molecule has 1 unspecified atom stereocenters. The number of likely N-dealkylation sites (N-methyl/N-ethyl adjacent to an activating group) is 1. The van der Waals surface area contributed by atoms with E-state index >= 15 is 0 Å². The summed E-state index contributed by atoms with van der Waals surface area (Å²) in [7, 11) is 6.68. The molecule has 1 aliphatic heterocycles. The van der Waals surface area contributed by atoms with Crippen LogP contribution in [0.3, 0.4) is 0 Å². The molecule has 1 aliphatic rings. The van der Waals surface area contributed by atoms with E-state index in [9.17, 15) is 33.6 Å². The van der Waals surface area contributed by atoms with Gasteiger partial charge in [-0.25, -0.2) is 4.98 Å². The van der Waals surface area contributed by atoms with Crippen molar-refractivity contribution in [1.29, 1.82) is 0 Å². The van der Waals surface area contributed by atoms with Crippen molar-refractivity contribution in [2.45, 2.75) is 156 Å². The van der Waals surface area contributed by atoms with Gasteiger partial charge < -0.3 is 15.0 Å². The van der Waals surface area contributed by atoms with Gasteiger partial charge in [0.25, 0.3) is 5.91 Å². The van der Waals surface area contributed by atoms with Crippen LogP contribution in [0.5, 0.6) is 0 Å². The maximum Gasteiger partial charge on any atom is 0.303 e. The Bertz CT molecular complexity index is 1840. The second kappa shape index (κ2) is 27.4. The number of piperidine rings is 1. The molecule has 1 aromatic heterocycles. The van der Waals surface area contributed by atoms with E-state index in [0.29, 0.717) is 37.1 Å². The number of amides is 2. The molecule has 0 spiro atoms. The van der Waals surface area contributed by atoms with Crippen LogP contribution in [0, 0.1) is 23.7 Å². The first-order valence-electron chi connectivity index (χ1n) is 22.8. The molecule has 0 aliphatic carbocycles. The van der Waals surface area contributed by atoms with Crippen LogP contribution in [0.1, 0.15) is 152 Å².